The molecule has 3 rings (SSSR count). The molecule has 2 aliphatic heterocycles. The molecule has 1 aromatic rings. The third-order valence-corrected chi connectivity index (χ3v) is 5.66. The molecule has 0 aliphatic carbocycles. The van der Waals surface area contributed by atoms with E-state index in [9.17, 15) is 0 Å². The highest BCUT2D eigenvalue weighted by atomic mass is 15.2. The Bertz CT molecular complexity index is 455. The lowest BCUT2D eigenvalue weighted by Gasteiger charge is -2.40. The van der Waals surface area contributed by atoms with Gasteiger partial charge in [-0.25, -0.2) is 0 Å². The van der Waals surface area contributed by atoms with Gasteiger partial charge in [-0.3, -0.25) is 9.80 Å². The number of benzene rings is 1. The zero-order valence-corrected chi connectivity index (χ0v) is 15.4. The molecule has 2 fully saturated rings. The van der Waals surface area contributed by atoms with Gasteiger partial charge in [-0.15, -0.1) is 0 Å². The molecule has 1 aromatic carbocycles. The zero-order chi connectivity index (χ0) is 16.6. The third kappa shape index (κ3) is 5.30. The summed E-state index contributed by atoms with van der Waals surface area (Å²) in [4.78, 5) is 5.48. The van der Waals surface area contributed by atoms with Gasteiger partial charge in [0.05, 0.1) is 0 Å². The van der Waals surface area contributed by atoms with E-state index in [0.717, 1.165) is 18.6 Å². The Kier molecular flexibility index (Phi) is 7.13. The fourth-order valence-corrected chi connectivity index (χ4v) is 4.29. The molecule has 0 aromatic heterocycles. The van der Waals surface area contributed by atoms with E-state index < -0.39 is 0 Å². The summed E-state index contributed by atoms with van der Waals surface area (Å²) in [5, 5.41) is 3.70. The number of hydrogen-bond donors (Lipinski definition) is 1. The second-order valence-corrected chi connectivity index (χ2v) is 7.66. The maximum Gasteiger partial charge on any atom is 0.0234 e. The van der Waals surface area contributed by atoms with Crippen molar-refractivity contribution in [3.05, 3.63) is 35.9 Å². The highest BCUT2D eigenvalue weighted by Crippen LogP contribution is 2.20. The summed E-state index contributed by atoms with van der Waals surface area (Å²) in [5.41, 5.74) is 1.45. The highest BCUT2D eigenvalue weighted by Gasteiger charge is 2.27. The molecule has 0 spiro atoms. The van der Waals surface area contributed by atoms with Crippen LogP contribution in [0.4, 0.5) is 0 Å². The predicted octanol–water partition coefficient (Wildman–Crippen LogP) is 3.51. The molecule has 134 valence electrons. The van der Waals surface area contributed by atoms with Crippen molar-refractivity contribution in [2.75, 3.05) is 32.7 Å². The van der Waals surface area contributed by atoms with Crippen LogP contribution < -0.4 is 5.32 Å². The van der Waals surface area contributed by atoms with Crippen molar-refractivity contribution in [3.8, 4) is 0 Å². The third-order valence-electron chi connectivity index (χ3n) is 5.66. The van der Waals surface area contributed by atoms with E-state index in [4.69, 9.17) is 0 Å². The lowest BCUT2D eigenvalue weighted by atomic mass is 10.0. The average molecular weight is 330 g/mol. The number of rotatable bonds is 8. The van der Waals surface area contributed by atoms with E-state index in [1.807, 2.05) is 0 Å². The maximum atomic E-state index is 3.70. The Morgan fingerprint density at radius 2 is 2.04 bits per heavy atom. The van der Waals surface area contributed by atoms with Gasteiger partial charge in [-0.2, -0.15) is 0 Å². The molecule has 0 amide bonds. The van der Waals surface area contributed by atoms with Crippen LogP contribution in [-0.4, -0.2) is 54.6 Å². The number of likely N-dealkylation sites (tertiary alicyclic amines) is 1. The van der Waals surface area contributed by atoms with Gasteiger partial charge in [-0.1, -0.05) is 43.7 Å². The average Bonchev–Trinajstić information content (AvgIpc) is 3.13. The number of unbranched alkanes of at least 4 members (excludes halogenated alkanes) is 1. The summed E-state index contributed by atoms with van der Waals surface area (Å²) < 4.78 is 0. The molecule has 24 heavy (non-hydrogen) atoms. The number of nitrogens with zero attached hydrogens (tertiary/aromatic N) is 2. The summed E-state index contributed by atoms with van der Waals surface area (Å²) in [6, 6.07) is 12.4. The van der Waals surface area contributed by atoms with Gasteiger partial charge in [-0.05, 0) is 57.3 Å². The molecular formula is C21H35N3. The minimum Gasteiger partial charge on any atom is -0.313 e. The predicted molar refractivity (Wildman–Crippen MR) is 102 cm³/mol. The van der Waals surface area contributed by atoms with E-state index in [1.165, 1.54) is 76.8 Å². The van der Waals surface area contributed by atoms with Gasteiger partial charge < -0.3 is 5.32 Å². The Morgan fingerprint density at radius 3 is 2.79 bits per heavy atom. The Labute approximate surface area is 148 Å². The van der Waals surface area contributed by atoms with Crippen molar-refractivity contribution < 1.29 is 0 Å². The van der Waals surface area contributed by atoms with Crippen LogP contribution in [-0.2, 0) is 6.54 Å². The smallest absolute Gasteiger partial charge is 0.0234 e. The van der Waals surface area contributed by atoms with Crippen molar-refractivity contribution in [1.82, 2.24) is 15.1 Å². The van der Waals surface area contributed by atoms with Crippen LogP contribution >= 0.6 is 0 Å². The number of hydrogen-bond acceptors (Lipinski definition) is 3. The molecule has 3 heteroatoms. The maximum absolute atomic E-state index is 3.70. The topological polar surface area (TPSA) is 18.5 Å². The van der Waals surface area contributed by atoms with E-state index in [0.29, 0.717) is 0 Å². The van der Waals surface area contributed by atoms with E-state index in [1.54, 1.807) is 0 Å². The van der Waals surface area contributed by atoms with Crippen LogP contribution in [0.15, 0.2) is 30.3 Å². The van der Waals surface area contributed by atoms with Crippen LogP contribution in [0, 0.1) is 0 Å². The Balaban J connectivity index is 1.56. The standard InChI is InChI=1S/C21H35N3/c1-2-3-15-24(17-20-11-7-13-22-20)21-12-8-14-23(18-21)16-19-9-5-4-6-10-19/h4-6,9-10,20-22H,2-3,7-8,11-18H2,1H3. The fourth-order valence-electron chi connectivity index (χ4n) is 4.29. The monoisotopic (exact) mass is 329 g/mol. The summed E-state index contributed by atoms with van der Waals surface area (Å²) in [6.45, 7) is 9.68. The molecule has 2 heterocycles. The first-order valence-electron chi connectivity index (χ1n) is 10.1. The molecule has 1 N–H and O–H groups in total. The minimum absolute atomic E-state index is 0.728. The zero-order valence-electron chi connectivity index (χ0n) is 15.4. The molecule has 0 bridgehead atoms. The highest BCUT2D eigenvalue weighted by molar-refractivity contribution is 5.14. The SMILES string of the molecule is CCCCN(CC1CCCN1)C1CCCN(Cc2ccccc2)C1. The van der Waals surface area contributed by atoms with Crippen molar-refractivity contribution in [2.24, 2.45) is 0 Å². The molecule has 2 atom stereocenters. The van der Waals surface area contributed by atoms with Gasteiger partial charge in [0.2, 0.25) is 0 Å². The van der Waals surface area contributed by atoms with Crippen molar-refractivity contribution in [3.63, 3.8) is 0 Å². The number of piperidine rings is 1. The second kappa shape index (κ2) is 9.55. The van der Waals surface area contributed by atoms with E-state index in [2.05, 4.69) is 52.4 Å². The summed E-state index contributed by atoms with van der Waals surface area (Å²) in [5.74, 6) is 0. The quantitative estimate of drug-likeness (QED) is 0.787. The molecule has 2 unspecified atom stereocenters. The summed E-state index contributed by atoms with van der Waals surface area (Å²) in [6.07, 6.45) is 8.08. The van der Waals surface area contributed by atoms with Crippen molar-refractivity contribution in [2.45, 2.75) is 64.1 Å². The van der Waals surface area contributed by atoms with Gasteiger partial charge >= 0.3 is 0 Å². The minimum atomic E-state index is 0.728. The first kappa shape index (κ1) is 17.9. The lowest BCUT2D eigenvalue weighted by molar-refractivity contribution is 0.0857. The molecular weight excluding hydrogens is 294 g/mol. The molecule has 3 nitrogen and oxygen atoms in total. The Hall–Kier alpha value is -0.900. The van der Waals surface area contributed by atoms with Crippen LogP contribution in [0.1, 0.15) is 51.0 Å². The summed E-state index contributed by atoms with van der Waals surface area (Å²) in [7, 11) is 0. The fraction of sp³-hybridized carbons (Fsp3) is 0.714. The van der Waals surface area contributed by atoms with Crippen LogP contribution in [0.25, 0.3) is 0 Å². The van der Waals surface area contributed by atoms with Gasteiger partial charge in [0.25, 0.3) is 0 Å². The van der Waals surface area contributed by atoms with Crippen molar-refractivity contribution >= 4 is 0 Å². The largest absolute Gasteiger partial charge is 0.313 e. The molecule has 0 radical (unpaired) electrons. The first-order valence-corrected chi connectivity index (χ1v) is 10.1. The summed E-state index contributed by atoms with van der Waals surface area (Å²) >= 11 is 0. The van der Waals surface area contributed by atoms with Gasteiger partial charge in [0.15, 0.2) is 0 Å². The first-order chi connectivity index (χ1) is 11.8. The van der Waals surface area contributed by atoms with Crippen LogP contribution in [0.2, 0.25) is 0 Å². The van der Waals surface area contributed by atoms with Crippen molar-refractivity contribution in [1.29, 1.82) is 0 Å². The normalized spacial score (nSPS) is 25.4. The second-order valence-electron chi connectivity index (χ2n) is 7.66. The molecule has 2 aliphatic rings. The van der Waals surface area contributed by atoms with E-state index >= 15 is 0 Å². The molecule has 0 saturated carbocycles. The lowest BCUT2D eigenvalue weighted by Crippen LogP contribution is -2.51. The Morgan fingerprint density at radius 1 is 1.17 bits per heavy atom. The molecule has 2 saturated heterocycles. The van der Waals surface area contributed by atoms with E-state index in [-0.39, 0.29) is 0 Å². The number of nitrogens with one attached hydrogen (secondary N) is 1. The van der Waals surface area contributed by atoms with Gasteiger partial charge in [0, 0.05) is 31.7 Å². The van der Waals surface area contributed by atoms with Gasteiger partial charge in [0.1, 0.15) is 0 Å². The van der Waals surface area contributed by atoms with Crippen LogP contribution in [0.3, 0.4) is 0 Å². The van der Waals surface area contributed by atoms with Crippen LogP contribution in [0.5, 0.6) is 0 Å².